The Balaban J connectivity index is 1.52. The van der Waals surface area contributed by atoms with E-state index < -0.39 is 35.3 Å². The van der Waals surface area contributed by atoms with E-state index in [1.54, 1.807) is 17.8 Å². The van der Waals surface area contributed by atoms with E-state index in [2.05, 4.69) is 9.97 Å². The van der Waals surface area contributed by atoms with Crippen LogP contribution in [0, 0.1) is 23.3 Å². The van der Waals surface area contributed by atoms with Crippen LogP contribution in [0.4, 0.5) is 33.9 Å². The molecule has 0 radical (unpaired) electrons. The number of urea groups is 1. The van der Waals surface area contributed by atoms with Crippen LogP contribution in [0.2, 0.25) is 0 Å². The summed E-state index contributed by atoms with van der Waals surface area (Å²) in [6, 6.07) is 3.96. The number of nitrogen functional groups attached to an aromatic ring is 1. The zero-order valence-corrected chi connectivity index (χ0v) is 18.1. The number of aromatic nitrogens is 3. The lowest BCUT2D eigenvalue weighted by Gasteiger charge is -2.18. The molecule has 2 amide bonds. The number of amides is 2. The van der Waals surface area contributed by atoms with Crippen molar-refractivity contribution in [3.8, 4) is 11.1 Å². The maximum absolute atomic E-state index is 15.3. The quantitative estimate of drug-likeness (QED) is 0.356. The van der Waals surface area contributed by atoms with Crippen molar-refractivity contribution in [2.75, 3.05) is 24.2 Å². The lowest BCUT2D eigenvalue weighted by atomic mass is 10.0. The second-order valence-electron chi connectivity index (χ2n) is 8.09. The highest BCUT2D eigenvalue weighted by Crippen LogP contribution is 2.38. The van der Waals surface area contributed by atoms with Crippen LogP contribution in [0.3, 0.4) is 0 Å². The monoisotopic (exact) mass is 470 g/mol. The summed E-state index contributed by atoms with van der Waals surface area (Å²) in [7, 11) is 3.14. The molecule has 1 aliphatic rings. The molecule has 174 valence electrons. The average Bonchev–Trinajstić information content (AvgIpc) is 3.28. The molecular weight excluding hydrogens is 452 g/mol. The third-order valence-electron chi connectivity index (χ3n) is 6.07. The zero-order chi connectivity index (χ0) is 24.3. The van der Waals surface area contributed by atoms with E-state index in [-0.39, 0.29) is 29.2 Å². The molecule has 1 saturated heterocycles. The molecule has 2 N–H and O–H groups in total. The van der Waals surface area contributed by atoms with Gasteiger partial charge in [0.15, 0.2) is 11.6 Å². The number of nitrogens with zero attached hydrogens (tertiary/aromatic N) is 5. The molecule has 2 aromatic heterocycles. The van der Waals surface area contributed by atoms with Crippen LogP contribution in [-0.4, -0.2) is 39.1 Å². The molecule has 0 spiro atoms. The van der Waals surface area contributed by atoms with Gasteiger partial charge in [-0.1, -0.05) is 0 Å². The van der Waals surface area contributed by atoms with Crippen molar-refractivity contribution in [2.24, 2.45) is 7.05 Å². The SMILES string of the molecule is CN1C(=O)N(c2ccc(-c3cn(C)c4ncnc(N)c34)c(F)c2)CC1c1cc(F)cc(F)c1F. The number of carbonyl (C=O) groups excluding carboxylic acids is 1. The third-order valence-corrected chi connectivity index (χ3v) is 6.07. The molecule has 2 aromatic carbocycles. The van der Waals surface area contributed by atoms with Crippen LogP contribution in [-0.2, 0) is 7.05 Å². The lowest BCUT2D eigenvalue weighted by Crippen LogP contribution is -2.29. The van der Waals surface area contributed by atoms with Crippen molar-refractivity contribution in [2.45, 2.75) is 6.04 Å². The van der Waals surface area contributed by atoms with E-state index in [0.29, 0.717) is 22.7 Å². The van der Waals surface area contributed by atoms with Gasteiger partial charge in [-0.3, -0.25) is 4.90 Å². The Hall–Kier alpha value is -4.15. The van der Waals surface area contributed by atoms with Gasteiger partial charge in [0.2, 0.25) is 0 Å². The molecule has 1 atom stereocenters. The minimum absolute atomic E-state index is 0.122. The Kier molecular flexibility index (Phi) is 4.92. The third kappa shape index (κ3) is 3.23. The van der Waals surface area contributed by atoms with Crippen LogP contribution in [0.15, 0.2) is 42.9 Å². The van der Waals surface area contributed by atoms with Gasteiger partial charge in [-0.15, -0.1) is 0 Å². The smallest absolute Gasteiger partial charge is 0.324 e. The number of aryl methyl sites for hydroxylation is 1. The molecular formula is C23H18F4N6O. The standard InChI is InChI=1S/C23H18F4N6O/c1-31-8-15(19-21(28)29-10-30-22(19)31)13-4-3-12(7-16(13)25)33-9-18(32(2)23(33)34)14-5-11(24)6-17(26)20(14)27/h3-8,10,18H,9H2,1-2H3,(H2,28,29,30). The van der Waals surface area contributed by atoms with Gasteiger partial charge in [-0.05, 0) is 24.3 Å². The van der Waals surface area contributed by atoms with Crippen molar-refractivity contribution in [1.29, 1.82) is 0 Å². The van der Waals surface area contributed by atoms with E-state index in [1.165, 1.54) is 36.5 Å². The molecule has 1 fully saturated rings. The highest BCUT2D eigenvalue weighted by Gasteiger charge is 2.38. The predicted molar refractivity (Wildman–Crippen MR) is 118 cm³/mol. The predicted octanol–water partition coefficient (Wildman–Crippen LogP) is 4.39. The Morgan fingerprint density at radius 1 is 1.00 bits per heavy atom. The van der Waals surface area contributed by atoms with E-state index >= 15 is 4.39 Å². The van der Waals surface area contributed by atoms with E-state index in [0.717, 1.165) is 11.0 Å². The number of likely N-dealkylation sites (N-methyl/N-ethyl adjacent to an activating group) is 1. The first-order chi connectivity index (χ1) is 16.2. The van der Waals surface area contributed by atoms with Crippen molar-refractivity contribution in [3.63, 3.8) is 0 Å². The van der Waals surface area contributed by atoms with E-state index in [4.69, 9.17) is 5.73 Å². The van der Waals surface area contributed by atoms with Gasteiger partial charge < -0.3 is 15.2 Å². The number of hydrogen-bond donors (Lipinski definition) is 1. The summed E-state index contributed by atoms with van der Waals surface area (Å²) in [5.74, 6) is -3.96. The van der Waals surface area contributed by atoms with Crippen LogP contribution >= 0.6 is 0 Å². The molecule has 0 bridgehead atoms. The second kappa shape index (κ2) is 7.72. The number of hydrogen-bond acceptors (Lipinski definition) is 4. The zero-order valence-electron chi connectivity index (χ0n) is 18.1. The largest absolute Gasteiger partial charge is 0.383 e. The molecule has 34 heavy (non-hydrogen) atoms. The maximum Gasteiger partial charge on any atom is 0.324 e. The summed E-state index contributed by atoms with van der Waals surface area (Å²) in [5.41, 5.74) is 7.16. The van der Waals surface area contributed by atoms with E-state index in [1.807, 2.05) is 0 Å². The van der Waals surface area contributed by atoms with E-state index in [9.17, 15) is 18.0 Å². The van der Waals surface area contributed by atoms with Gasteiger partial charge in [-0.2, -0.15) is 0 Å². The molecule has 1 unspecified atom stereocenters. The van der Waals surface area contributed by atoms with Gasteiger partial charge in [0.25, 0.3) is 0 Å². The summed E-state index contributed by atoms with van der Waals surface area (Å²) >= 11 is 0. The molecule has 7 nitrogen and oxygen atoms in total. The number of anilines is 2. The molecule has 0 aliphatic carbocycles. The summed E-state index contributed by atoms with van der Waals surface area (Å²) in [4.78, 5) is 23.4. The first-order valence-electron chi connectivity index (χ1n) is 10.2. The van der Waals surface area contributed by atoms with Crippen LogP contribution in [0.1, 0.15) is 11.6 Å². The first kappa shape index (κ1) is 21.7. The molecule has 3 heterocycles. The van der Waals surface area contributed by atoms with Crippen LogP contribution < -0.4 is 10.6 Å². The minimum Gasteiger partial charge on any atom is -0.383 e. The summed E-state index contributed by atoms with van der Waals surface area (Å²) in [6.45, 7) is -0.122. The Bertz CT molecular complexity index is 1470. The summed E-state index contributed by atoms with van der Waals surface area (Å²) < 4.78 is 58.8. The molecule has 4 aromatic rings. The molecule has 0 saturated carbocycles. The highest BCUT2D eigenvalue weighted by molar-refractivity contribution is 6.01. The number of nitrogens with two attached hydrogens (primary N) is 1. The number of rotatable bonds is 3. The molecule has 5 rings (SSSR count). The van der Waals surface area contributed by atoms with Crippen molar-refractivity contribution in [3.05, 3.63) is 71.7 Å². The number of carbonyl (C=O) groups is 1. The Morgan fingerprint density at radius 2 is 1.76 bits per heavy atom. The van der Waals surface area contributed by atoms with Gasteiger partial charge in [0.05, 0.1) is 18.0 Å². The fourth-order valence-electron chi connectivity index (χ4n) is 4.37. The number of benzene rings is 2. The number of fused-ring (bicyclic) bond motifs is 1. The highest BCUT2D eigenvalue weighted by atomic mass is 19.2. The summed E-state index contributed by atoms with van der Waals surface area (Å²) in [6.07, 6.45) is 3.00. The van der Waals surface area contributed by atoms with Gasteiger partial charge >= 0.3 is 6.03 Å². The van der Waals surface area contributed by atoms with Crippen molar-refractivity contribution in [1.82, 2.24) is 19.4 Å². The topological polar surface area (TPSA) is 80.3 Å². The average molecular weight is 470 g/mol. The lowest BCUT2D eigenvalue weighted by molar-refractivity contribution is 0.218. The van der Waals surface area contributed by atoms with Crippen LogP contribution in [0.5, 0.6) is 0 Å². The fourth-order valence-corrected chi connectivity index (χ4v) is 4.37. The molecule has 1 aliphatic heterocycles. The Labute approximate surface area is 191 Å². The second-order valence-corrected chi connectivity index (χ2v) is 8.09. The number of halogens is 4. The first-order valence-corrected chi connectivity index (χ1v) is 10.2. The normalized spacial score (nSPS) is 16.2. The summed E-state index contributed by atoms with van der Waals surface area (Å²) in [5, 5.41) is 0.498. The molecule has 11 heteroatoms. The van der Waals surface area contributed by atoms with Gasteiger partial charge in [-0.25, -0.2) is 32.3 Å². The Morgan fingerprint density at radius 3 is 2.50 bits per heavy atom. The van der Waals surface area contributed by atoms with Crippen molar-refractivity contribution < 1.29 is 22.4 Å². The van der Waals surface area contributed by atoms with Crippen molar-refractivity contribution >= 4 is 28.6 Å². The van der Waals surface area contributed by atoms with Crippen LogP contribution in [0.25, 0.3) is 22.2 Å². The van der Waals surface area contributed by atoms with Gasteiger partial charge in [0.1, 0.15) is 29.4 Å². The maximum atomic E-state index is 15.3. The fraction of sp³-hybridized carbons (Fsp3) is 0.174. The minimum atomic E-state index is -1.34. The van der Waals surface area contributed by atoms with Gasteiger partial charge in [0, 0.05) is 48.7 Å².